The molecule has 0 aliphatic carbocycles. The standard InChI is InChI=1S/C20H23N3O8S2/c1-14(19(24)22-16-5-7-17(8-6-16)32(21,26)27)31-20(25)15-3-2-4-18(13-15)33(28,29)23-9-11-30-12-10-23/h2-8,13-14H,9-12H2,1H3,(H,22,24)(H2,21,26,27). The number of sulfonamides is 2. The Morgan fingerprint density at radius 2 is 1.67 bits per heavy atom. The van der Waals surface area contributed by atoms with E-state index in [1.165, 1.54) is 59.8 Å². The summed E-state index contributed by atoms with van der Waals surface area (Å²) in [6, 6.07) is 10.5. The summed E-state index contributed by atoms with van der Waals surface area (Å²) < 4.78 is 59.8. The molecule has 178 valence electrons. The molecular weight excluding hydrogens is 474 g/mol. The predicted octanol–water partition coefficient (Wildman–Crippen LogP) is 0.539. The van der Waals surface area contributed by atoms with Gasteiger partial charge in [-0.05, 0) is 49.4 Å². The van der Waals surface area contributed by atoms with Crippen LogP contribution in [0.5, 0.6) is 0 Å². The van der Waals surface area contributed by atoms with E-state index < -0.39 is 38.0 Å². The molecule has 13 heteroatoms. The minimum atomic E-state index is -3.87. The molecule has 1 saturated heterocycles. The van der Waals surface area contributed by atoms with E-state index in [0.29, 0.717) is 13.2 Å². The Balaban J connectivity index is 1.65. The Hall–Kier alpha value is -2.84. The average Bonchev–Trinajstić information content (AvgIpc) is 2.79. The Bertz CT molecular complexity index is 1240. The van der Waals surface area contributed by atoms with E-state index in [0.717, 1.165) is 0 Å². The fraction of sp³-hybridized carbons (Fsp3) is 0.300. The van der Waals surface area contributed by atoms with Crippen LogP contribution in [-0.4, -0.2) is 65.4 Å². The highest BCUT2D eigenvalue weighted by atomic mass is 32.2. The molecule has 0 aromatic heterocycles. The quantitative estimate of drug-likeness (QED) is 0.524. The number of amides is 1. The van der Waals surface area contributed by atoms with E-state index >= 15 is 0 Å². The molecule has 1 heterocycles. The molecule has 1 fully saturated rings. The van der Waals surface area contributed by atoms with Crippen molar-refractivity contribution < 1.29 is 35.9 Å². The molecule has 2 aromatic carbocycles. The number of benzene rings is 2. The van der Waals surface area contributed by atoms with Crippen LogP contribution in [-0.2, 0) is 34.3 Å². The van der Waals surface area contributed by atoms with Crippen LogP contribution < -0.4 is 10.5 Å². The second-order valence-electron chi connectivity index (χ2n) is 7.15. The number of anilines is 1. The first-order valence-electron chi connectivity index (χ1n) is 9.81. The Morgan fingerprint density at radius 3 is 2.27 bits per heavy atom. The van der Waals surface area contributed by atoms with Crippen molar-refractivity contribution in [1.82, 2.24) is 4.31 Å². The summed E-state index contributed by atoms with van der Waals surface area (Å²) in [4.78, 5) is 24.7. The lowest BCUT2D eigenvalue weighted by atomic mass is 10.2. The Kier molecular flexibility index (Phi) is 7.49. The van der Waals surface area contributed by atoms with E-state index in [1.54, 1.807) is 0 Å². The van der Waals surface area contributed by atoms with Crippen molar-refractivity contribution in [1.29, 1.82) is 0 Å². The predicted molar refractivity (Wildman–Crippen MR) is 117 cm³/mol. The van der Waals surface area contributed by atoms with Crippen LogP contribution in [0.3, 0.4) is 0 Å². The van der Waals surface area contributed by atoms with Gasteiger partial charge in [0.25, 0.3) is 5.91 Å². The van der Waals surface area contributed by atoms with Crippen LogP contribution in [0.2, 0.25) is 0 Å². The molecule has 33 heavy (non-hydrogen) atoms. The van der Waals surface area contributed by atoms with Gasteiger partial charge in [0.1, 0.15) is 0 Å². The van der Waals surface area contributed by atoms with E-state index in [9.17, 15) is 26.4 Å². The van der Waals surface area contributed by atoms with E-state index in [1.807, 2.05) is 0 Å². The summed E-state index contributed by atoms with van der Waals surface area (Å²) in [5.74, 6) is -1.54. The second kappa shape index (κ2) is 9.97. The molecule has 1 unspecified atom stereocenters. The summed E-state index contributed by atoms with van der Waals surface area (Å²) in [5, 5.41) is 7.52. The topological polar surface area (TPSA) is 162 Å². The van der Waals surface area contributed by atoms with Crippen molar-refractivity contribution in [3.63, 3.8) is 0 Å². The van der Waals surface area contributed by atoms with Crippen molar-refractivity contribution >= 4 is 37.6 Å². The van der Waals surface area contributed by atoms with Crippen LogP contribution in [0.4, 0.5) is 5.69 Å². The number of nitrogens with one attached hydrogen (secondary N) is 1. The van der Waals surface area contributed by atoms with Gasteiger partial charge < -0.3 is 14.8 Å². The van der Waals surface area contributed by atoms with Gasteiger partial charge in [-0.1, -0.05) is 6.07 Å². The number of hydrogen-bond donors (Lipinski definition) is 2. The number of primary sulfonamides is 1. The van der Waals surface area contributed by atoms with Crippen molar-refractivity contribution in [2.24, 2.45) is 5.14 Å². The highest BCUT2D eigenvalue weighted by Gasteiger charge is 2.27. The third kappa shape index (κ3) is 6.15. The normalized spacial score (nSPS) is 16.1. The second-order valence-corrected chi connectivity index (χ2v) is 10.6. The number of nitrogens with two attached hydrogens (primary N) is 1. The summed E-state index contributed by atoms with van der Waals surface area (Å²) in [6.07, 6.45) is -1.21. The molecule has 0 radical (unpaired) electrons. The van der Waals surface area contributed by atoms with Crippen molar-refractivity contribution in [2.75, 3.05) is 31.6 Å². The number of hydrogen-bond acceptors (Lipinski definition) is 8. The number of morpholine rings is 1. The maximum absolute atomic E-state index is 12.8. The first kappa shape index (κ1) is 24.8. The molecule has 11 nitrogen and oxygen atoms in total. The lowest BCUT2D eigenvalue weighted by molar-refractivity contribution is -0.123. The van der Waals surface area contributed by atoms with Gasteiger partial charge in [-0.3, -0.25) is 4.79 Å². The van der Waals surface area contributed by atoms with Crippen molar-refractivity contribution in [2.45, 2.75) is 22.8 Å². The Labute approximate surface area is 191 Å². The molecule has 1 amide bonds. The molecule has 0 saturated carbocycles. The molecule has 3 rings (SSSR count). The number of carbonyl (C=O) groups is 2. The minimum absolute atomic E-state index is 0.0264. The Morgan fingerprint density at radius 1 is 1.03 bits per heavy atom. The van der Waals surface area contributed by atoms with Gasteiger partial charge in [0, 0.05) is 18.8 Å². The fourth-order valence-electron chi connectivity index (χ4n) is 2.97. The highest BCUT2D eigenvalue weighted by Crippen LogP contribution is 2.19. The third-order valence-corrected chi connectivity index (χ3v) is 7.60. The van der Waals surface area contributed by atoms with Gasteiger partial charge in [-0.2, -0.15) is 4.31 Å². The number of esters is 1. The summed E-state index contributed by atoms with van der Waals surface area (Å²) in [6.45, 7) is 2.36. The maximum atomic E-state index is 12.8. The minimum Gasteiger partial charge on any atom is -0.449 e. The highest BCUT2D eigenvalue weighted by molar-refractivity contribution is 7.89. The van der Waals surface area contributed by atoms with Gasteiger partial charge in [-0.25, -0.2) is 26.8 Å². The zero-order chi connectivity index (χ0) is 24.2. The fourth-order valence-corrected chi connectivity index (χ4v) is 4.94. The van der Waals surface area contributed by atoms with Crippen molar-refractivity contribution in [3.05, 3.63) is 54.1 Å². The first-order chi connectivity index (χ1) is 15.5. The summed E-state index contributed by atoms with van der Waals surface area (Å²) >= 11 is 0. The third-order valence-electron chi connectivity index (χ3n) is 4.78. The van der Waals surface area contributed by atoms with Crippen LogP contribution in [0.25, 0.3) is 0 Å². The molecular formula is C20H23N3O8S2. The molecule has 0 spiro atoms. The maximum Gasteiger partial charge on any atom is 0.338 e. The summed E-state index contributed by atoms with van der Waals surface area (Å²) in [7, 11) is -7.67. The van der Waals surface area contributed by atoms with Gasteiger partial charge in [0.05, 0.1) is 28.6 Å². The molecule has 2 aromatic rings. The number of carbonyl (C=O) groups excluding carboxylic acids is 2. The van der Waals surface area contributed by atoms with E-state index in [2.05, 4.69) is 5.32 Å². The molecule has 1 atom stereocenters. The number of rotatable bonds is 7. The average molecular weight is 498 g/mol. The lowest BCUT2D eigenvalue weighted by Crippen LogP contribution is -2.40. The smallest absolute Gasteiger partial charge is 0.338 e. The van der Waals surface area contributed by atoms with Gasteiger partial charge in [-0.15, -0.1) is 0 Å². The van der Waals surface area contributed by atoms with Crippen LogP contribution >= 0.6 is 0 Å². The first-order valence-corrected chi connectivity index (χ1v) is 12.8. The van der Waals surface area contributed by atoms with Gasteiger partial charge in [0.2, 0.25) is 20.0 Å². The van der Waals surface area contributed by atoms with Gasteiger partial charge in [0.15, 0.2) is 6.10 Å². The van der Waals surface area contributed by atoms with Crippen LogP contribution in [0.1, 0.15) is 17.3 Å². The van der Waals surface area contributed by atoms with Crippen LogP contribution in [0.15, 0.2) is 58.3 Å². The SMILES string of the molecule is CC(OC(=O)c1cccc(S(=O)(=O)N2CCOCC2)c1)C(=O)Nc1ccc(S(N)(=O)=O)cc1. The molecule has 3 N–H and O–H groups in total. The number of nitrogens with zero attached hydrogens (tertiary/aromatic N) is 1. The van der Waals surface area contributed by atoms with E-state index in [-0.39, 0.29) is 34.1 Å². The monoisotopic (exact) mass is 497 g/mol. The molecule has 0 bridgehead atoms. The van der Waals surface area contributed by atoms with Gasteiger partial charge >= 0.3 is 5.97 Å². The molecule has 1 aliphatic rings. The van der Waals surface area contributed by atoms with Crippen molar-refractivity contribution in [3.8, 4) is 0 Å². The summed E-state index contributed by atoms with van der Waals surface area (Å²) in [5.41, 5.74) is 0.246. The largest absolute Gasteiger partial charge is 0.449 e. The number of ether oxygens (including phenoxy) is 2. The lowest BCUT2D eigenvalue weighted by Gasteiger charge is -2.26. The zero-order valence-corrected chi connectivity index (χ0v) is 19.3. The molecule has 1 aliphatic heterocycles. The van der Waals surface area contributed by atoms with Crippen LogP contribution in [0, 0.1) is 0 Å². The zero-order valence-electron chi connectivity index (χ0n) is 17.6. The van der Waals surface area contributed by atoms with E-state index in [4.69, 9.17) is 14.6 Å².